The number of fused-ring (bicyclic) bond motifs is 2. The maximum atomic E-state index is 11.2. The molecule has 0 aromatic heterocycles. The number of nitrogens with zero attached hydrogens (tertiary/aromatic N) is 1. The molecule has 2 aliphatic rings. The van der Waals surface area contributed by atoms with Crippen LogP contribution in [0.4, 0.5) is 11.4 Å². The van der Waals surface area contributed by atoms with E-state index in [9.17, 15) is 10.1 Å². The molecule has 0 aliphatic heterocycles. The molecule has 1 N–H and O–H groups in total. The van der Waals surface area contributed by atoms with Gasteiger partial charge < -0.3 is 5.32 Å². The summed E-state index contributed by atoms with van der Waals surface area (Å²) in [6, 6.07) is 5.82. The van der Waals surface area contributed by atoms with E-state index in [1.165, 1.54) is 25.7 Å². The van der Waals surface area contributed by atoms with E-state index in [0.29, 0.717) is 17.6 Å². The van der Waals surface area contributed by atoms with E-state index in [4.69, 9.17) is 0 Å². The van der Waals surface area contributed by atoms with Crippen LogP contribution in [-0.2, 0) is 0 Å². The van der Waals surface area contributed by atoms with Gasteiger partial charge in [0, 0.05) is 11.6 Å². The molecule has 108 valence electrons. The second-order valence-corrected chi connectivity index (χ2v) is 6.50. The molecule has 4 nitrogen and oxygen atoms in total. The summed E-state index contributed by atoms with van der Waals surface area (Å²) in [6.45, 7) is 3.98. The van der Waals surface area contributed by atoms with E-state index in [1.807, 2.05) is 12.1 Å². The smallest absolute Gasteiger partial charge is 0.295 e. The molecular weight excluding hydrogens is 252 g/mol. The number of anilines is 1. The van der Waals surface area contributed by atoms with E-state index in [0.717, 1.165) is 17.4 Å². The molecule has 0 saturated heterocycles. The first-order valence-corrected chi connectivity index (χ1v) is 7.56. The first-order chi connectivity index (χ1) is 9.56. The standard InChI is InChI=1S/C16H22N2O2/c1-10-4-3-5-15(16(10)18(19)20)17-11(2)14-9-12-6-7-13(14)8-12/h3-5,11-14,17H,6-9H2,1-2H3. The molecule has 4 atom stereocenters. The van der Waals surface area contributed by atoms with Crippen LogP contribution in [0.3, 0.4) is 0 Å². The summed E-state index contributed by atoms with van der Waals surface area (Å²) in [5.74, 6) is 2.40. The molecule has 2 bridgehead atoms. The first kappa shape index (κ1) is 13.4. The molecule has 1 aromatic rings. The molecule has 20 heavy (non-hydrogen) atoms. The van der Waals surface area contributed by atoms with Gasteiger partial charge in [-0.1, -0.05) is 18.6 Å². The van der Waals surface area contributed by atoms with Crippen molar-refractivity contribution >= 4 is 11.4 Å². The van der Waals surface area contributed by atoms with Gasteiger partial charge in [0.15, 0.2) is 0 Å². The number of rotatable bonds is 4. The Morgan fingerprint density at radius 1 is 1.35 bits per heavy atom. The van der Waals surface area contributed by atoms with Gasteiger partial charge in [-0.3, -0.25) is 10.1 Å². The average Bonchev–Trinajstić information content (AvgIpc) is 3.00. The van der Waals surface area contributed by atoms with Crippen LogP contribution in [0.2, 0.25) is 0 Å². The molecule has 2 saturated carbocycles. The Labute approximate surface area is 119 Å². The van der Waals surface area contributed by atoms with Crippen molar-refractivity contribution in [3.8, 4) is 0 Å². The van der Waals surface area contributed by atoms with E-state index in [2.05, 4.69) is 12.2 Å². The summed E-state index contributed by atoms with van der Waals surface area (Å²) in [7, 11) is 0. The summed E-state index contributed by atoms with van der Waals surface area (Å²) < 4.78 is 0. The van der Waals surface area contributed by atoms with Crippen molar-refractivity contribution in [1.82, 2.24) is 0 Å². The van der Waals surface area contributed by atoms with Gasteiger partial charge >= 0.3 is 0 Å². The highest BCUT2D eigenvalue weighted by molar-refractivity contribution is 5.65. The molecular formula is C16H22N2O2. The Kier molecular flexibility index (Phi) is 3.40. The molecule has 4 unspecified atom stereocenters. The zero-order valence-electron chi connectivity index (χ0n) is 12.1. The topological polar surface area (TPSA) is 55.2 Å². The van der Waals surface area contributed by atoms with Crippen molar-refractivity contribution in [2.24, 2.45) is 17.8 Å². The third-order valence-corrected chi connectivity index (χ3v) is 5.24. The lowest BCUT2D eigenvalue weighted by molar-refractivity contribution is -0.384. The predicted octanol–water partition coefficient (Wildman–Crippen LogP) is 4.14. The molecule has 2 fully saturated rings. The third kappa shape index (κ3) is 2.28. The van der Waals surface area contributed by atoms with Crippen LogP contribution in [0.25, 0.3) is 0 Å². The maximum absolute atomic E-state index is 11.2. The molecule has 0 heterocycles. The van der Waals surface area contributed by atoms with Gasteiger partial charge in [0.05, 0.1) is 4.92 Å². The maximum Gasteiger partial charge on any atom is 0.295 e. The quantitative estimate of drug-likeness (QED) is 0.663. The van der Waals surface area contributed by atoms with Gasteiger partial charge in [0.2, 0.25) is 0 Å². The van der Waals surface area contributed by atoms with Gasteiger partial charge in [-0.05, 0) is 56.9 Å². The van der Waals surface area contributed by atoms with Crippen molar-refractivity contribution in [2.45, 2.75) is 45.6 Å². The van der Waals surface area contributed by atoms with E-state index >= 15 is 0 Å². The van der Waals surface area contributed by atoms with Crippen LogP contribution in [-0.4, -0.2) is 11.0 Å². The average molecular weight is 274 g/mol. The fourth-order valence-electron chi connectivity index (χ4n) is 4.28. The summed E-state index contributed by atoms with van der Waals surface area (Å²) >= 11 is 0. The lowest BCUT2D eigenvalue weighted by atomic mass is 9.84. The number of aryl methyl sites for hydroxylation is 1. The van der Waals surface area contributed by atoms with E-state index in [-0.39, 0.29) is 10.6 Å². The zero-order valence-corrected chi connectivity index (χ0v) is 12.1. The van der Waals surface area contributed by atoms with E-state index in [1.54, 1.807) is 13.0 Å². The minimum absolute atomic E-state index is 0.225. The minimum Gasteiger partial charge on any atom is -0.377 e. The molecule has 2 aliphatic carbocycles. The Bertz CT molecular complexity index is 529. The van der Waals surface area contributed by atoms with Gasteiger partial charge in [0.25, 0.3) is 5.69 Å². The molecule has 1 aromatic carbocycles. The number of nitro groups is 1. The largest absolute Gasteiger partial charge is 0.377 e. The van der Waals surface area contributed by atoms with Crippen LogP contribution in [0.15, 0.2) is 18.2 Å². The van der Waals surface area contributed by atoms with Crippen LogP contribution < -0.4 is 5.32 Å². The van der Waals surface area contributed by atoms with Crippen molar-refractivity contribution in [3.63, 3.8) is 0 Å². The van der Waals surface area contributed by atoms with Crippen molar-refractivity contribution in [1.29, 1.82) is 0 Å². The monoisotopic (exact) mass is 274 g/mol. The van der Waals surface area contributed by atoms with Crippen LogP contribution in [0.1, 0.15) is 38.2 Å². The Morgan fingerprint density at radius 3 is 2.75 bits per heavy atom. The highest BCUT2D eigenvalue weighted by Crippen LogP contribution is 2.50. The van der Waals surface area contributed by atoms with Crippen molar-refractivity contribution in [2.75, 3.05) is 5.32 Å². The van der Waals surface area contributed by atoms with Crippen molar-refractivity contribution < 1.29 is 4.92 Å². The molecule has 4 heteroatoms. The number of hydrogen-bond donors (Lipinski definition) is 1. The lowest BCUT2D eigenvalue weighted by Crippen LogP contribution is -2.30. The normalized spacial score (nSPS) is 29.4. The summed E-state index contributed by atoms with van der Waals surface area (Å²) in [4.78, 5) is 11.0. The van der Waals surface area contributed by atoms with Gasteiger partial charge in [-0.2, -0.15) is 0 Å². The van der Waals surface area contributed by atoms with Crippen LogP contribution >= 0.6 is 0 Å². The second-order valence-electron chi connectivity index (χ2n) is 6.50. The first-order valence-electron chi connectivity index (χ1n) is 7.56. The van der Waals surface area contributed by atoms with Gasteiger partial charge in [-0.25, -0.2) is 0 Å². The molecule has 0 radical (unpaired) electrons. The van der Waals surface area contributed by atoms with Crippen LogP contribution in [0, 0.1) is 34.8 Å². The summed E-state index contributed by atoms with van der Waals surface area (Å²) in [5.41, 5.74) is 1.62. The fraction of sp³-hybridized carbons (Fsp3) is 0.625. The number of para-hydroxylation sites is 1. The van der Waals surface area contributed by atoms with E-state index < -0.39 is 0 Å². The van der Waals surface area contributed by atoms with Gasteiger partial charge in [-0.15, -0.1) is 0 Å². The molecule has 3 rings (SSSR count). The Hall–Kier alpha value is -1.58. The zero-order chi connectivity index (χ0) is 14.3. The Balaban J connectivity index is 1.78. The number of nitrogens with one attached hydrogen (secondary N) is 1. The van der Waals surface area contributed by atoms with Crippen LogP contribution in [0.5, 0.6) is 0 Å². The van der Waals surface area contributed by atoms with Crippen molar-refractivity contribution in [3.05, 3.63) is 33.9 Å². The molecule has 0 amide bonds. The third-order valence-electron chi connectivity index (χ3n) is 5.24. The summed E-state index contributed by atoms with van der Waals surface area (Å²) in [5, 5.41) is 14.7. The predicted molar refractivity (Wildman–Crippen MR) is 79.9 cm³/mol. The lowest BCUT2D eigenvalue weighted by Gasteiger charge is -2.29. The number of nitro benzene ring substituents is 1. The van der Waals surface area contributed by atoms with Gasteiger partial charge in [0.1, 0.15) is 5.69 Å². The fourth-order valence-corrected chi connectivity index (χ4v) is 4.28. The number of benzene rings is 1. The minimum atomic E-state index is -0.273. The highest BCUT2D eigenvalue weighted by atomic mass is 16.6. The summed E-state index contributed by atoms with van der Waals surface area (Å²) in [6.07, 6.45) is 5.39. The SMILES string of the molecule is Cc1cccc(NC(C)C2CC3CCC2C3)c1[N+](=O)[O-]. The number of hydrogen-bond acceptors (Lipinski definition) is 3. The second kappa shape index (κ2) is 5.08. The highest BCUT2D eigenvalue weighted by Gasteiger charge is 2.42. The Morgan fingerprint density at radius 2 is 2.15 bits per heavy atom. The molecule has 0 spiro atoms.